The lowest BCUT2D eigenvalue weighted by Gasteiger charge is -2.11. The molecule has 0 N–H and O–H groups in total. The molecule has 50 heavy (non-hydrogen) atoms. The predicted octanol–water partition coefficient (Wildman–Crippen LogP) is 11.4. The molecule has 0 bridgehead atoms. The Labute approximate surface area is 291 Å². The molecular formula is C44H27N5S. The van der Waals surface area contributed by atoms with Gasteiger partial charge in [-0.25, -0.2) is 19.9 Å². The SMILES string of the molecule is c1ccc(-c2nc(-c3ccccc3)nc(-c3ccc(-n4c5ccccc5c5ccc(-c6cccc7c6sc6ccccc67)cc54)nc3)n2)cc1. The fourth-order valence-corrected chi connectivity index (χ4v) is 8.19. The van der Waals surface area contributed by atoms with Gasteiger partial charge in [-0.05, 0) is 41.5 Å². The van der Waals surface area contributed by atoms with E-state index < -0.39 is 0 Å². The number of pyridine rings is 1. The molecule has 6 heteroatoms. The summed E-state index contributed by atoms with van der Waals surface area (Å²) in [5.74, 6) is 2.67. The van der Waals surface area contributed by atoms with Crippen molar-refractivity contribution in [3.63, 3.8) is 0 Å². The number of aromatic nitrogens is 5. The molecule has 0 spiro atoms. The first-order valence-corrected chi connectivity index (χ1v) is 17.4. The molecule has 0 amide bonds. The lowest BCUT2D eigenvalue weighted by atomic mass is 10.0. The van der Waals surface area contributed by atoms with Crippen LogP contribution in [0.4, 0.5) is 0 Å². The number of rotatable bonds is 5. The number of thiophene rings is 1. The van der Waals surface area contributed by atoms with Crippen LogP contribution in [0.15, 0.2) is 164 Å². The summed E-state index contributed by atoms with van der Waals surface area (Å²) in [5, 5.41) is 4.98. The van der Waals surface area contributed by atoms with E-state index in [1.54, 1.807) is 0 Å². The molecule has 0 saturated heterocycles. The Kier molecular flexibility index (Phi) is 6.60. The monoisotopic (exact) mass is 657 g/mol. The number of benzene rings is 6. The first kappa shape index (κ1) is 28.5. The van der Waals surface area contributed by atoms with Crippen molar-refractivity contribution in [1.29, 1.82) is 0 Å². The van der Waals surface area contributed by atoms with Crippen molar-refractivity contribution in [2.24, 2.45) is 0 Å². The van der Waals surface area contributed by atoms with Gasteiger partial charge in [-0.2, -0.15) is 0 Å². The van der Waals surface area contributed by atoms with E-state index in [-0.39, 0.29) is 0 Å². The molecule has 4 aromatic heterocycles. The maximum atomic E-state index is 5.05. The van der Waals surface area contributed by atoms with E-state index in [1.807, 2.05) is 78.2 Å². The third kappa shape index (κ3) is 4.69. The number of hydrogen-bond donors (Lipinski definition) is 0. The fraction of sp³-hybridized carbons (Fsp3) is 0. The van der Waals surface area contributed by atoms with Crippen LogP contribution in [0.5, 0.6) is 0 Å². The summed E-state index contributed by atoms with van der Waals surface area (Å²) >= 11 is 1.86. The van der Waals surface area contributed by atoms with Crippen molar-refractivity contribution in [2.75, 3.05) is 0 Å². The van der Waals surface area contributed by atoms with Gasteiger partial charge in [-0.1, -0.05) is 127 Å². The summed E-state index contributed by atoms with van der Waals surface area (Å²) in [7, 11) is 0. The van der Waals surface area contributed by atoms with E-state index in [4.69, 9.17) is 19.9 Å². The van der Waals surface area contributed by atoms with Crippen LogP contribution < -0.4 is 0 Å². The molecule has 6 aromatic carbocycles. The van der Waals surface area contributed by atoms with Gasteiger partial charge in [-0.15, -0.1) is 11.3 Å². The second kappa shape index (κ2) is 11.6. The Bertz CT molecular complexity index is 2800. The minimum atomic E-state index is 0.581. The van der Waals surface area contributed by atoms with Crippen LogP contribution in [0.1, 0.15) is 0 Å². The Balaban J connectivity index is 1.12. The first-order chi connectivity index (χ1) is 24.8. The van der Waals surface area contributed by atoms with Crippen LogP contribution >= 0.6 is 11.3 Å². The maximum absolute atomic E-state index is 5.05. The molecule has 0 aliphatic carbocycles. The van der Waals surface area contributed by atoms with Crippen molar-refractivity contribution >= 4 is 53.3 Å². The standard InChI is InChI=1S/C44H27N5S/c1-3-12-28(13-4-1)42-46-43(29-14-5-2-6-15-29)48-44(47-42)31-23-25-40(45-27-31)49-37-20-9-7-16-33(37)34-24-22-30(26-38(34)49)32-18-11-19-36-35-17-8-10-21-39(35)50-41(32)36/h1-27H. The third-order valence-corrected chi connectivity index (χ3v) is 10.5. The van der Waals surface area contributed by atoms with E-state index in [1.165, 1.54) is 42.1 Å². The average Bonchev–Trinajstić information content (AvgIpc) is 3.74. The maximum Gasteiger partial charge on any atom is 0.165 e. The van der Waals surface area contributed by atoms with E-state index in [2.05, 4.69) is 102 Å². The zero-order valence-electron chi connectivity index (χ0n) is 26.7. The van der Waals surface area contributed by atoms with Gasteiger partial charge < -0.3 is 0 Å². The number of hydrogen-bond acceptors (Lipinski definition) is 5. The molecule has 4 heterocycles. The highest BCUT2D eigenvalue weighted by Gasteiger charge is 2.17. The van der Waals surface area contributed by atoms with Crippen molar-refractivity contribution in [3.8, 4) is 51.1 Å². The van der Waals surface area contributed by atoms with Crippen LogP contribution in [-0.4, -0.2) is 24.5 Å². The van der Waals surface area contributed by atoms with Crippen LogP contribution in [0.2, 0.25) is 0 Å². The minimum Gasteiger partial charge on any atom is -0.294 e. The van der Waals surface area contributed by atoms with Gasteiger partial charge in [0.05, 0.1) is 11.0 Å². The van der Waals surface area contributed by atoms with E-state index in [9.17, 15) is 0 Å². The molecule has 0 fully saturated rings. The predicted molar refractivity (Wildman–Crippen MR) is 207 cm³/mol. The molecule has 0 atom stereocenters. The van der Waals surface area contributed by atoms with Crippen LogP contribution in [0, 0.1) is 0 Å². The van der Waals surface area contributed by atoms with Gasteiger partial charge in [-0.3, -0.25) is 4.57 Å². The molecule has 0 unspecified atom stereocenters. The first-order valence-electron chi connectivity index (χ1n) is 16.6. The van der Waals surface area contributed by atoms with Gasteiger partial charge in [0, 0.05) is 53.8 Å². The highest BCUT2D eigenvalue weighted by molar-refractivity contribution is 7.26. The molecule has 0 aliphatic heterocycles. The normalized spacial score (nSPS) is 11.6. The summed E-state index contributed by atoms with van der Waals surface area (Å²) in [6, 6.07) is 54.9. The Hall–Kier alpha value is -6.50. The number of fused-ring (bicyclic) bond motifs is 6. The summed E-state index contributed by atoms with van der Waals surface area (Å²) in [6.45, 7) is 0. The highest BCUT2D eigenvalue weighted by atomic mass is 32.1. The fourth-order valence-electron chi connectivity index (χ4n) is 6.95. The second-order valence-corrected chi connectivity index (χ2v) is 13.4. The van der Waals surface area contributed by atoms with Gasteiger partial charge in [0.1, 0.15) is 5.82 Å². The van der Waals surface area contributed by atoms with Gasteiger partial charge >= 0.3 is 0 Å². The average molecular weight is 658 g/mol. The third-order valence-electron chi connectivity index (χ3n) is 9.32. The van der Waals surface area contributed by atoms with Crippen LogP contribution in [0.3, 0.4) is 0 Å². The summed E-state index contributed by atoms with van der Waals surface area (Å²) < 4.78 is 4.88. The zero-order chi connectivity index (χ0) is 33.0. The molecule has 10 rings (SSSR count). The van der Waals surface area contributed by atoms with Gasteiger partial charge in [0.25, 0.3) is 0 Å². The summed E-state index contributed by atoms with van der Waals surface area (Å²) in [6.07, 6.45) is 1.87. The summed E-state index contributed by atoms with van der Waals surface area (Å²) in [4.78, 5) is 19.7. The van der Waals surface area contributed by atoms with E-state index >= 15 is 0 Å². The molecular weight excluding hydrogens is 631 g/mol. The van der Waals surface area contributed by atoms with Gasteiger partial charge in [0.15, 0.2) is 17.5 Å². The molecule has 0 saturated carbocycles. The lowest BCUT2D eigenvalue weighted by Crippen LogP contribution is -2.01. The van der Waals surface area contributed by atoms with Crippen LogP contribution in [0.25, 0.3) is 93.1 Å². The number of nitrogens with zero attached hydrogens (tertiary/aromatic N) is 5. The zero-order valence-corrected chi connectivity index (χ0v) is 27.5. The quantitative estimate of drug-likeness (QED) is 0.185. The molecule has 234 valence electrons. The van der Waals surface area contributed by atoms with E-state index in [0.717, 1.165) is 33.5 Å². The summed E-state index contributed by atoms with van der Waals surface area (Å²) in [5.41, 5.74) is 7.34. The molecule has 10 aromatic rings. The van der Waals surface area contributed by atoms with Crippen molar-refractivity contribution < 1.29 is 0 Å². The van der Waals surface area contributed by atoms with Crippen molar-refractivity contribution in [2.45, 2.75) is 0 Å². The molecule has 5 nitrogen and oxygen atoms in total. The van der Waals surface area contributed by atoms with E-state index in [0.29, 0.717) is 17.5 Å². The molecule has 0 radical (unpaired) electrons. The second-order valence-electron chi connectivity index (χ2n) is 12.3. The molecule has 0 aliphatic rings. The topological polar surface area (TPSA) is 56.5 Å². The smallest absolute Gasteiger partial charge is 0.165 e. The lowest BCUT2D eigenvalue weighted by molar-refractivity contribution is 1.05. The minimum absolute atomic E-state index is 0.581. The number of para-hydroxylation sites is 1. The van der Waals surface area contributed by atoms with Crippen molar-refractivity contribution in [1.82, 2.24) is 24.5 Å². The largest absolute Gasteiger partial charge is 0.294 e. The van der Waals surface area contributed by atoms with Crippen LogP contribution in [-0.2, 0) is 0 Å². The van der Waals surface area contributed by atoms with Crippen molar-refractivity contribution in [3.05, 3.63) is 164 Å². The Morgan fingerprint density at radius 3 is 1.74 bits per heavy atom. The highest BCUT2D eigenvalue weighted by Crippen LogP contribution is 2.41. The Morgan fingerprint density at radius 1 is 0.420 bits per heavy atom. The van der Waals surface area contributed by atoms with Gasteiger partial charge in [0.2, 0.25) is 0 Å². The Morgan fingerprint density at radius 2 is 1.02 bits per heavy atom.